The van der Waals surface area contributed by atoms with Crippen LogP contribution >= 0.6 is 0 Å². The summed E-state index contributed by atoms with van der Waals surface area (Å²) in [6, 6.07) is 9.04. The zero-order chi connectivity index (χ0) is 13.9. The van der Waals surface area contributed by atoms with E-state index in [-0.39, 0.29) is 0 Å². The molecule has 1 aromatic carbocycles. The molecule has 1 N–H and O–H groups in total. The number of hydrogen-bond acceptors (Lipinski definition) is 3. The summed E-state index contributed by atoms with van der Waals surface area (Å²) in [6.45, 7) is 6.14. The Morgan fingerprint density at radius 2 is 2.30 bits per heavy atom. The van der Waals surface area contributed by atoms with Gasteiger partial charge in [0.05, 0.1) is 12.9 Å². The van der Waals surface area contributed by atoms with Crippen LogP contribution in [0.2, 0.25) is 0 Å². The maximum Gasteiger partial charge on any atom is 0.124 e. The first kappa shape index (κ1) is 13.2. The van der Waals surface area contributed by atoms with Gasteiger partial charge in [-0.1, -0.05) is 25.1 Å². The Bertz CT molecular complexity index is 553. The van der Waals surface area contributed by atoms with E-state index in [0.717, 1.165) is 18.9 Å². The molecule has 0 aliphatic carbocycles. The molecule has 0 saturated carbocycles. The summed E-state index contributed by atoms with van der Waals surface area (Å²) in [6.07, 6.45) is 5.68. The quantitative estimate of drug-likeness (QED) is 0.929. The lowest BCUT2D eigenvalue weighted by molar-refractivity contribution is 0.179. The number of aromatic nitrogens is 2. The second kappa shape index (κ2) is 5.67. The van der Waals surface area contributed by atoms with Crippen molar-refractivity contribution in [3.8, 4) is 5.75 Å². The molecule has 1 aliphatic rings. The van der Waals surface area contributed by atoms with Crippen LogP contribution in [0.25, 0.3) is 0 Å². The first-order chi connectivity index (χ1) is 9.74. The summed E-state index contributed by atoms with van der Waals surface area (Å²) < 4.78 is 7.90. The van der Waals surface area contributed by atoms with E-state index in [4.69, 9.17) is 4.74 Å². The average Bonchev–Trinajstić information content (AvgIpc) is 2.95. The van der Waals surface area contributed by atoms with Gasteiger partial charge in [0.2, 0.25) is 0 Å². The molecule has 4 nitrogen and oxygen atoms in total. The maximum atomic E-state index is 5.80. The fraction of sp³-hybridized carbons (Fsp3) is 0.438. The molecule has 0 amide bonds. The number of rotatable bonds is 4. The smallest absolute Gasteiger partial charge is 0.124 e. The van der Waals surface area contributed by atoms with Crippen molar-refractivity contribution < 1.29 is 4.74 Å². The van der Waals surface area contributed by atoms with Gasteiger partial charge in [-0.3, -0.25) is 0 Å². The summed E-state index contributed by atoms with van der Waals surface area (Å²) in [7, 11) is 0. The Kier molecular flexibility index (Phi) is 3.74. The topological polar surface area (TPSA) is 39.1 Å². The number of para-hydroxylation sites is 1. The molecular weight excluding hydrogens is 250 g/mol. The Morgan fingerprint density at radius 1 is 1.45 bits per heavy atom. The third-order valence-electron chi connectivity index (χ3n) is 3.83. The molecule has 3 atom stereocenters. The van der Waals surface area contributed by atoms with Crippen LogP contribution in [-0.4, -0.2) is 22.2 Å². The number of imidazole rings is 1. The van der Waals surface area contributed by atoms with E-state index >= 15 is 0 Å². The lowest BCUT2D eigenvalue weighted by atomic mass is 9.91. The molecule has 4 heteroatoms. The van der Waals surface area contributed by atoms with Gasteiger partial charge < -0.3 is 14.6 Å². The number of hydrogen-bond donors (Lipinski definition) is 1. The minimum Gasteiger partial charge on any atom is -0.493 e. The molecule has 3 rings (SSSR count). The normalized spacial score (nSPS) is 22.9. The standard InChI is InChI=1S/C16H21N3O/c1-12-10-20-15-6-4-3-5-14(15)16(12)18-13(2)9-19-8-7-17-11-19/h3-8,11-13,16,18H,9-10H2,1-2H3. The predicted octanol–water partition coefficient (Wildman–Crippen LogP) is 2.63. The Labute approximate surface area is 119 Å². The van der Waals surface area contributed by atoms with Crippen LogP contribution in [0.3, 0.4) is 0 Å². The van der Waals surface area contributed by atoms with E-state index in [1.807, 2.05) is 24.8 Å². The van der Waals surface area contributed by atoms with Crippen molar-refractivity contribution in [2.24, 2.45) is 5.92 Å². The highest BCUT2D eigenvalue weighted by molar-refractivity contribution is 5.38. The van der Waals surface area contributed by atoms with Gasteiger partial charge in [-0.05, 0) is 13.0 Å². The SMILES string of the molecule is CC(Cn1ccnc1)NC1c2ccccc2OCC1C. The second-order valence-electron chi connectivity index (χ2n) is 5.63. The second-order valence-corrected chi connectivity index (χ2v) is 5.63. The van der Waals surface area contributed by atoms with Gasteiger partial charge in [0, 0.05) is 42.5 Å². The molecule has 20 heavy (non-hydrogen) atoms. The van der Waals surface area contributed by atoms with Crippen molar-refractivity contribution in [2.75, 3.05) is 6.61 Å². The molecule has 0 spiro atoms. The highest BCUT2D eigenvalue weighted by atomic mass is 16.5. The van der Waals surface area contributed by atoms with E-state index in [1.54, 1.807) is 0 Å². The van der Waals surface area contributed by atoms with Crippen molar-refractivity contribution in [3.05, 3.63) is 48.5 Å². The zero-order valence-corrected chi connectivity index (χ0v) is 12.0. The first-order valence-corrected chi connectivity index (χ1v) is 7.17. The van der Waals surface area contributed by atoms with Crippen molar-refractivity contribution >= 4 is 0 Å². The molecule has 0 radical (unpaired) electrons. The molecule has 0 bridgehead atoms. The van der Waals surface area contributed by atoms with E-state index in [0.29, 0.717) is 18.0 Å². The Morgan fingerprint density at radius 3 is 3.10 bits per heavy atom. The number of fused-ring (bicyclic) bond motifs is 1. The van der Waals surface area contributed by atoms with Gasteiger partial charge in [-0.2, -0.15) is 0 Å². The van der Waals surface area contributed by atoms with Gasteiger partial charge in [0.1, 0.15) is 5.75 Å². The van der Waals surface area contributed by atoms with Gasteiger partial charge >= 0.3 is 0 Å². The number of nitrogens with zero attached hydrogens (tertiary/aromatic N) is 2. The summed E-state index contributed by atoms with van der Waals surface area (Å²) >= 11 is 0. The van der Waals surface area contributed by atoms with E-state index in [1.165, 1.54) is 5.56 Å². The lowest BCUT2D eigenvalue weighted by Gasteiger charge is -2.34. The van der Waals surface area contributed by atoms with Crippen LogP contribution in [0, 0.1) is 5.92 Å². The van der Waals surface area contributed by atoms with Crippen LogP contribution in [-0.2, 0) is 6.54 Å². The minimum absolute atomic E-state index is 0.346. The molecule has 0 fully saturated rings. The lowest BCUT2D eigenvalue weighted by Crippen LogP contribution is -2.40. The molecule has 2 aromatic rings. The predicted molar refractivity (Wildman–Crippen MR) is 78.7 cm³/mol. The third kappa shape index (κ3) is 2.70. The van der Waals surface area contributed by atoms with Crippen LogP contribution in [0.4, 0.5) is 0 Å². The Hall–Kier alpha value is -1.81. The molecule has 2 heterocycles. The van der Waals surface area contributed by atoms with Crippen LogP contribution in [0.1, 0.15) is 25.5 Å². The molecule has 106 valence electrons. The van der Waals surface area contributed by atoms with Gasteiger partial charge in [-0.15, -0.1) is 0 Å². The fourth-order valence-electron chi connectivity index (χ4n) is 2.82. The van der Waals surface area contributed by atoms with E-state index in [9.17, 15) is 0 Å². The van der Waals surface area contributed by atoms with Crippen LogP contribution < -0.4 is 10.1 Å². The summed E-state index contributed by atoms with van der Waals surface area (Å²) in [5.74, 6) is 1.48. The van der Waals surface area contributed by atoms with Crippen molar-refractivity contribution in [3.63, 3.8) is 0 Å². The number of benzene rings is 1. The summed E-state index contributed by atoms with van der Waals surface area (Å²) in [4.78, 5) is 4.09. The molecule has 1 aliphatic heterocycles. The van der Waals surface area contributed by atoms with Gasteiger partial charge in [0.25, 0.3) is 0 Å². The Balaban J connectivity index is 1.73. The van der Waals surface area contributed by atoms with Gasteiger partial charge in [0.15, 0.2) is 0 Å². The largest absolute Gasteiger partial charge is 0.493 e. The molecule has 1 aromatic heterocycles. The van der Waals surface area contributed by atoms with Crippen LogP contribution in [0.15, 0.2) is 43.0 Å². The van der Waals surface area contributed by atoms with Crippen molar-refractivity contribution in [1.29, 1.82) is 0 Å². The molecule has 0 saturated heterocycles. The monoisotopic (exact) mass is 271 g/mol. The average molecular weight is 271 g/mol. The van der Waals surface area contributed by atoms with Gasteiger partial charge in [-0.25, -0.2) is 4.98 Å². The number of ether oxygens (including phenoxy) is 1. The van der Waals surface area contributed by atoms with Crippen LogP contribution in [0.5, 0.6) is 5.75 Å². The van der Waals surface area contributed by atoms with E-state index in [2.05, 4.69) is 46.9 Å². The first-order valence-electron chi connectivity index (χ1n) is 7.17. The van der Waals surface area contributed by atoms with E-state index < -0.39 is 0 Å². The zero-order valence-electron chi connectivity index (χ0n) is 12.0. The fourth-order valence-corrected chi connectivity index (χ4v) is 2.82. The minimum atomic E-state index is 0.346. The number of nitrogens with one attached hydrogen (secondary N) is 1. The summed E-state index contributed by atoms with van der Waals surface area (Å²) in [5.41, 5.74) is 1.27. The van der Waals surface area contributed by atoms with Crippen molar-refractivity contribution in [1.82, 2.24) is 14.9 Å². The third-order valence-corrected chi connectivity index (χ3v) is 3.83. The van der Waals surface area contributed by atoms with Crippen molar-refractivity contribution in [2.45, 2.75) is 32.5 Å². The molecular formula is C16H21N3O. The maximum absolute atomic E-state index is 5.80. The highest BCUT2D eigenvalue weighted by Gasteiger charge is 2.28. The molecule has 3 unspecified atom stereocenters. The summed E-state index contributed by atoms with van der Waals surface area (Å²) in [5, 5.41) is 3.73. The highest BCUT2D eigenvalue weighted by Crippen LogP contribution is 2.35.